The third-order valence-corrected chi connectivity index (χ3v) is 2.46. The Morgan fingerprint density at radius 1 is 1.53 bits per heavy atom. The van der Waals surface area contributed by atoms with Crippen molar-refractivity contribution >= 4 is 5.91 Å². The second kappa shape index (κ2) is 7.46. The van der Waals surface area contributed by atoms with Gasteiger partial charge in [-0.15, -0.1) is 6.58 Å². The summed E-state index contributed by atoms with van der Waals surface area (Å²) in [7, 11) is 0. The minimum atomic E-state index is -0.0401. The standard InChI is InChI=1S/C12H24N2O/c1-5-7-14(8-6-2)12(15)9-11(13)10(3)4/h5,10-11H,1,6-9,13H2,2-4H3. The van der Waals surface area contributed by atoms with E-state index in [0.29, 0.717) is 18.9 Å². The van der Waals surface area contributed by atoms with Crippen LogP contribution >= 0.6 is 0 Å². The van der Waals surface area contributed by atoms with Crippen LogP contribution in [0.15, 0.2) is 12.7 Å². The second-order valence-electron chi connectivity index (χ2n) is 4.24. The highest BCUT2D eigenvalue weighted by Gasteiger charge is 2.17. The van der Waals surface area contributed by atoms with Crippen LogP contribution in [0.25, 0.3) is 0 Å². The minimum absolute atomic E-state index is 0.0401. The highest BCUT2D eigenvalue weighted by atomic mass is 16.2. The first kappa shape index (κ1) is 14.2. The summed E-state index contributed by atoms with van der Waals surface area (Å²) in [5, 5.41) is 0. The summed E-state index contributed by atoms with van der Waals surface area (Å²) in [5.74, 6) is 0.485. The smallest absolute Gasteiger partial charge is 0.224 e. The van der Waals surface area contributed by atoms with Crippen LogP contribution in [0, 0.1) is 5.92 Å². The fraction of sp³-hybridized carbons (Fsp3) is 0.750. The number of hydrogen-bond donors (Lipinski definition) is 1. The Labute approximate surface area is 93.3 Å². The molecule has 0 aliphatic carbocycles. The maximum atomic E-state index is 11.8. The summed E-state index contributed by atoms with van der Waals surface area (Å²) in [6.07, 6.45) is 3.16. The highest BCUT2D eigenvalue weighted by molar-refractivity contribution is 5.77. The first-order chi connectivity index (χ1) is 7.02. The molecule has 0 fully saturated rings. The number of rotatable bonds is 7. The fourth-order valence-electron chi connectivity index (χ4n) is 1.31. The summed E-state index contributed by atoms with van der Waals surface area (Å²) >= 11 is 0. The normalized spacial score (nSPS) is 12.6. The SMILES string of the molecule is C=CCN(CCC)C(=O)CC(N)C(C)C. The van der Waals surface area contributed by atoms with E-state index < -0.39 is 0 Å². The van der Waals surface area contributed by atoms with Gasteiger partial charge in [-0.1, -0.05) is 26.8 Å². The molecule has 0 aromatic rings. The van der Waals surface area contributed by atoms with Gasteiger partial charge in [-0.05, 0) is 12.3 Å². The van der Waals surface area contributed by atoms with Gasteiger partial charge < -0.3 is 10.6 Å². The van der Waals surface area contributed by atoms with Crippen molar-refractivity contribution in [1.29, 1.82) is 0 Å². The lowest BCUT2D eigenvalue weighted by atomic mass is 10.0. The number of carbonyl (C=O) groups is 1. The van der Waals surface area contributed by atoms with Crippen molar-refractivity contribution in [2.24, 2.45) is 11.7 Å². The first-order valence-electron chi connectivity index (χ1n) is 5.67. The van der Waals surface area contributed by atoms with Gasteiger partial charge in [0.2, 0.25) is 5.91 Å². The molecule has 0 aliphatic heterocycles. The molecule has 0 radical (unpaired) electrons. The number of nitrogens with zero attached hydrogens (tertiary/aromatic N) is 1. The second-order valence-corrected chi connectivity index (χ2v) is 4.24. The molecule has 0 aliphatic rings. The molecule has 0 saturated heterocycles. The number of hydrogen-bond acceptors (Lipinski definition) is 2. The Morgan fingerprint density at radius 3 is 2.53 bits per heavy atom. The zero-order valence-electron chi connectivity index (χ0n) is 10.2. The molecule has 0 aromatic heterocycles. The molecule has 3 heteroatoms. The van der Waals surface area contributed by atoms with Crippen LogP contribution in [0.3, 0.4) is 0 Å². The number of nitrogens with two attached hydrogens (primary N) is 1. The molecule has 15 heavy (non-hydrogen) atoms. The molecule has 88 valence electrons. The molecule has 0 aromatic carbocycles. The Kier molecular flexibility index (Phi) is 7.05. The van der Waals surface area contributed by atoms with Crippen molar-refractivity contribution in [2.75, 3.05) is 13.1 Å². The summed E-state index contributed by atoms with van der Waals surface area (Å²) < 4.78 is 0. The van der Waals surface area contributed by atoms with E-state index in [1.807, 2.05) is 18.7 Å². The summed E-state index contributed by atoms with van der Waals surface area (Å²) in [6, 6.07) is -0.0401. The monoisotopic (exact) mass is 212 g/mol. The van der Waals surface area contributed by atoms with Gasteiger partial charge in [-0.2, -0.15) is 0 Å². The number of carbonyl (C=O) groups excluding carboxylic acids is 1. The van der Waals surface area contributed by atoms with Crippen molar-refractivity contribution in [1.82, 2.24) is 4.90 Å². The van der Waals surface area contributed by atoms with Gasteiger partial charge in [-0.25, -0.2) is 0 Å². The van der Waals surface area contributed by atoms with E-state index in [1.54, 1.807) is 6.08 Å². The lowest BCUT2D eigenvalue weighted by Gasteiger charge is -2.23. The summed E-state index contributed by atoms with van der Waals surface area (Å²) in [5.41, 5.74) is 5.87. The molecule has 1 unspecified atom stereocenters. The first-order valence-corrected chi connectivity index (χ1v) is 5.67. The Bertz CT molecular complexity index is 202. The van der Waals surface area contributed by atoms with E-state index in [0.717, 1.165) is 13.0 Å². The third-order valence-electron chi connectivity index (χ3n) is 2.46. The lowest BCUT2D eigenvalue weighted by molar-refractivity contribution is -0.131. The van der Waals surface area contributed by atoms with Crippen LogP contribution in [-0.4, -0.2) is 29.9 Å². The van der Waals surface area contributed by atoms with Crippen molar-refractivity contribution in [3.05, 3.63) is 12.7 Å². The third kappa shape index (κ3) is 5.57. The van der Waals surface area contributed by atoms with E-state index >= 15 is 0 Å². The van der Waals surface area contributed by atoms with Crippen molar-refractivity contribution in [3.63, 3.8) is 0 Å². The summed E-state index contributed by atoms with van der Waals surface area (Å²) in [6.45, 7) is 11.2. The quantitative estimate of drug-likeness (QED) is 0.654. The predicted octanol–water partition coefficient (Wildman–Crippen LogP) is 1.78. The molecule has 3 nitrogen and oxygen atoms in total. The molecule has 0 saturated carbocycles. The maximum absolute atomic E-state index is 11.8. The van der Waals surface area contributed by atoms with Crippen LogP contribution in [0.1, 0.15) is 33.6 Å². The van der Waals surface area contributed by atoms with E-state index in [-0.39, 0.29) is 11.9 Å². The van der Waals surface area contributed by atoms with Crippen LogP contribution in [0.4, 0.5) is 0 Å². The molecular formula is C12H24N2O. The fourth-order valence-corrected chi connectivity index (χ4v) is 1.31. The van der Waals surface area contributed by atoms with Gasteiger partial charge in [-0.3, -0.25) is 4.79 Å². The Balaban J connectivity index is 4.18. The zero-order valence-corrected chi connectivity index (χ0v) is 10.2. The van der Waals surface area contributed by atoms with E-state index in [1.165, 1.54) is 0 Å². The Morgan fingerprint density at radius 2 is 2.13 bits per heavy atom. The van der Waals surface area contributed by atoms with Crippen LogP contribution in [-0.2, 0) is 4.79 Å². The molecule has 1 atom stereocenters. The maximum Gasteiger partial charge on any atom is 0.224 e. The molecular weight excluding hydrogens is 188 g/mol. The topological polar surface area (TPSA) is 46.3 Å². The van der Waals surface area contributed by atoms with Crippen LogP contribution in [0.5, 0.6) is 0 Å². The molecule has 1 amide bonds. The molecule has 2 N–H and O–H groups in total. The van der Waals surface area contributed by atoms with E-state index in [2.05, 4.69) is 13.5 Å². The van der Waals surface area contributed by atoms with Gasteiger partial charge in [0.15, 0.2) is 0 Å². The van der Waals surface area contributed by atoms with Crippen molar-refractivity contribution in [2.45, 2.75) is 39.7 Å². The average molecular weight is 212 g/mol. The zero-order chi connectivity index (χ0) is 11.8. The molecule has 0 bridgehead atoms. The minimum Gasteiger partial charge on any atom is -0.339 e. The van der Waals surface area contributed by atoms with Gasteiger partial charge in [0, 0.05) is 25.6 Å². The van der Waals surface area contributed by atoms with E-state index in [4.69, 9.17) is 5.73 Å². The summed E-state index contributed by atoms with van der Waals surface area (Å²) in [4.78, 5) is 13.7. The molecule has 0 spiro atoms. The highest BCUT2D eigenvalue weighted by Crippen LogP contribution is 2.06. The van der Waals surface area contributed by atoms with Gasteiger partial charge >= 0.3 is 0 Å². The van der Waals surface area contributed by atoms with Crippen molar-refractivity contribution in [3.8, 4) is 0 Å². The van der Waals surface area contributed by atoms with Gasteiger partial charge in [0.1, 0.15) is 0 Å². The molecule has 0 heterocycles. The lowest BCUT2D eigenvalue weighted by Crippen LogP contribution is -2.38. The molecule has 0 rings (SSSR count). The van der Waals surface area contributed by atoms with Crippen molar-refractivity contribution < 1.29 is 4.79 Å². The van der Waals surface area contributed by atoms with Crippen LogP contribution < -0.4 is 5.73 Å². The van der Waals surface area contributed by atoms with E-state index in [9.17, 15) is 4.79 Å². The van der Waals surface area contributed by atoms with Crippen LogP contribution in [0.2, 0.25) is 0 Å². The average Bonchev–Trinajstić information content (AvgIpc) is 2.17. The number of amides is 1. The van der Waals surface area contributed by atoms with Gasteiger partial charge in [0.05, 0.1) is 0 Å². The largest absolute Gasteiger partial charge is 0.339 e. The Hall–Kier alpha value is -0.830. The van der Waals surface area contributed by atoms with Gasteiger partial charge in [0.25, 0.3) is 0 Å². The predicted molar refractivity (Wildman–Crippen MR) is 64.5 cm³/mol.